The van der Waals surface area contributed by atoms with E-state index in [0.29, 0.717) is 25.3 Å². The average molecular weight is 406 g/mol. The van der Waals surface area contributed by atoms with E-state index in [0.717, 1.165) is 51.1 Å². The van der Waals surface area contributed by atoms with Gasteiger partial charge in [-0.05, 0) is 25.0 Å². The maximum atomic E-state index is 13.1. The molecule has 0 amide bonds. The van der Waals surface area contributed by atoms with E-state index >= 15 is 0 Å². The number of hydrogen-bond donors (Lipinski definition) is 1. The first-order chi connectivity index (χ1) is 13.6. The van der Waals surface area contributed by atoms with Crippen LogP contribution in [0.5, 0.6) is 0 Å². The number of rotatable bonds is 6. The van der Waals surface area contributed by atoms with Gasteiger partial charge < -0.3 is 9.47 Å². The van der Waals surface area contributed by atoms with E-state index in [-0.39, 0.29) is 10.3 Å². The molecule has 28 heavy (non-hydrogen) atoms. The molecule has 7 nitrogen and oxygen atoms in total. The first-order valence-corrected chi connectivity index (χ1v) is 11.3. The van der Waals surface area contributed by atoms with E-state index in [1.807, 2.05) is 18.2 Å². The highest BCUT2D eigenvalue weighted by molar-refractivity contribution is 7.89. The van der Waals surface area contributed by atoms with Gasteiger partial charge in [0.2, 0.25) is 10.0 Å². The van der Waals surface area contributed by atoms with Gasteiger partial charge in [-0.3, -0.25) is 9.88 Å². The fourth-order valence-corrected chi connectivity index (χ4v) is 5.38. The summed E-state index contributed by atoms with van der Waals surface area (Å²) in [6, 6.07) is 8.94. The third kappa shape index (κ3) is 4.36. The molecule has 2 aromatic rings. The lowest BCUT2D eigenvalue weighted by Crippen LogP contribution is -2.50. The minimum atomic E-state index is -3.66. The van der Waals surface area contributed by atoms with Gasteiger partial charge in [0.1, 0.15) is 4.90 Å². The zero-order valence-corrected chi connectivity index (χ0v) is 16.8. The van der Waals surface area contributed by atoms with E-state index in [1.54, 1.807) is 18.3 Å². The second kappa shape index (κ2) is 8.42. The highest BCUT2D eigenvalue weighted by Crippen LogP contribution is 2.32. The lowest BCUT2D eigenvalue weighted by Gasteiger charge is -2.42. The Labute approximate surface area is 166 Å². The number of nitrogens with one attached hydrogen (secondary N) is 1. The standard InChI is InChI=1S/C20H27N3O4S/c24-28(25,18-5-1-3-17-4-2-8-21-19(17)18)22-15-20(6-11-26-12-7-20)16-23-9-13-27-14-10-23/h1-5,8,22H,6-7,9-16H2. The first-order valence-electron chi connectivity index (χ1n) is 9.79. The number of hydrogen-bond acceptors (Lipinski definition) is 6. The van der Waals surface area contributed by atoms with Crippen molar-refractivity contribution in [1.82, 2.24) is 14.6 Å². The molecular weight excluding hydrogens is 378 g/mol. The summed E-state index contributed by atoms with van der Waals surface area (Å²) in [5, 5.41) is 0.819. The van der Waals surface area contributed by atoms with Crippen molar-refractivity contribution in [3.8, 4) is 0 Å². The molecule has 0 aliphatic carbocycles. The van der Waals surface area contributed by atoms with Crippen molar-refractivity contribution >= 4 is 20.9 Å². The molecule has 2 aliphatic heterocycles. The number of nitrogens with zero attached hydrogens (tertiary/aromatic N) is 2. The van der Waals surface area contributed by atoms with Gasteiger partial charge in [-0.1, -0.05) is 18.2 Å². The fourth-order valence-electron chi connectivity index (χ4n) is 4.05. The Morgan fingerprint density at radius 2 is 1.75 bits per heavy atom. The maximum absolute atomic E-state index is 13.1. The highest BCUT2D eigenvalue weighted by atomic mass is 32.2. The second-order valence-electron chi connectivity index (χ2n) is 7.66. The van der Waals surface area contributed by atoms with Crippen molar-refractivity contribution < 1.29 is 17.9 Å². The third-order valence-corrected chi connectivity index (χ3v) is 7.17. The van der Waals surface area contributed by atoms with Crippen LogP contribution in [0.3, 0.4) is 0 Å². The molecule has 3 heterocycles. The molecular formula is C20H27N3O4S. The van der Waals surface area contributed by atoms with Gasteiger partial charge >= 0.3 is 0 Å². The largest absolute Gasteiger partial charge is 0.381 e. The van der Waals surface area contributed by atoms with Crippen molar-refractivity contribution in [3.05, 3.63) is 36.5 Å². The van der Waals surface area contributed by atoms with E-state index in [1.165, 1.54) is 0 Å². The molecule has 0 saturated carbocycles. The van der Waals surface area contributed by atoms with Crippen LogP contribution in [0.15, 0.2) is 41.4 Å². The molecule has 8 heteroatoms. The zero-order valence-electron chi connectivity index (χ0n) is 16.0. The van der Waals surface area contributed by atoms with Crippen LogP contribution in [0.25, 0.3) is 10.9 Å². The smallest absolute Gasteiger partial charge is 0.242 e. The average Bonchev–Trinajstić information content (AvgIpc) is 2.73. The van der Waals surface area contributed by atoms with E-state index < -0.39 is 10.0 Å². The predicted octanol–water partition coefficient (Wildman–Crippen LogP) is 1.64. The molecule has 152 valence electrons. The van der Waals surface area contributed by atoms with Gasteiger partial charge in [0, 0.05) is 56.4 Å². The maximum Gasteiger partial charge on any atom is 0.242 e. The molecule has 1 N–H and O–H groups in total. The SMILES string of the molecule is O=S(=O)(NCC1(CN2CCOCC2)CCOCC1)c1cccc2cccnc12. The minimum Gasteiger partial charge on any atom is -0.381 e. The van der Waals surface area contributed by atoms with Crippen molar-refractivity contribution in [2.75, 3.05) is 52.6 Å². The quantitative estimate of drug-likeness (QED) is 0.787. The summed E-state index contributed by atoms with van der Waals surface area (Å²) in [6.07, 6.45) is 3.32. The van der Waals surface area contributed by atoms with Crippen LogP contribution in [0.1, 0.15) is 12.8 Å². The van der Waals surface area contributed by atoms with Gasteiger partial charge in [0.25, 0.3) is 0 Å². The monoisotopic (exact) mass is 405 g/mol. The van der Waals surface area contributed by atoms with Crippen molar-refractivity contribution in [2.45, 2.75) is 17.7 Å². The molecule has 1 aromatic carbocycles. The molecule has 0 radical (unpaired) electrons. The molecule has 1 aromatic heterocycles. The van der Waals surface area contributed by atoms with Gasteiger partial charge in [-0.25, -0.2) is 13.1 Å². The fraction of sp³-hybridized carbons (Fsp3) is 0.550. The number of morpholine rings is 1. The molecule has 0 unspecified atom stereocenters. The predicted molar refractivity (Wildman–Crippen MR) is 107 cm³/mol. The Hall–Kier alpha value is -1.58. The number of para-hydroxylation sites is 1. The lowest BCUT2D eigenvalue weighted by molar-refractivity contribution is -0.0270. The first kappa shape index (κ1) is 19.7. The lowest BCUT2D eigenvalue weighted by atomic mass is 9.79. The van der Waals surface area contributed by atoms with Crippen LogP contribution in [-0.4, -0.2) is 70.9 Å². The summed E-state index contributed by atoms with van der Waals surface area (Å²) in [6.45, 7) is 5.85. The zero-order chi connectivity index (χ0) is 19.5. The van der Waals surface area contributed by atoms with Gasteiger partial charge in [-0.2, -0.15) is 0 Å². The van der Waals surface area contributed by atoms with Crippen LogP contribution in [-0.2, 0) is 19.5 Å². The van der Waals surface area contributed by atoms with Gasteiger partial charge in [0.05, 0.1) is 18.7 Å². The third-order valence-electron chi connectivity index (χ3n) is 5.74. The van der Waals surface area contributed by atoms with Crippen molar-refractivity contribution in [2.24, 2.45) is 5.41 Å². The van der Waals surface area contributed by atoms with E-state index in [4.69, 9.17) is 9.47 Å². The Morgan fingerprint density at radius 3 is 2.54 bits per heavy atom. The number of pyridine rings is 1. The van der Waals surface area contributed by atoms with E-state index in [2.05, 4.69) is 14.6 Å². The molecule has 0 atom stereocenters. The number of fused-ring (bicyclic) bond motifs is 1. The number of benzene rings is 1. The Kier molecular flexibility index (Phi) is 5.93. The van der Waals surface area contributed by atoms with Crippen molar-refractivity contribution in [1.29, 1.82) is 0 Å². The number of ether oxygens (including phenoxy) is 2. The molecule has 0 spiro atoms. The van der Waals surface area contributed by atoms with Crippen LogP contribution in [0, 0.1) is 5.41 Å². The summed E-state index contributed by atoms with van der Waals surface area (Å²) in [7, 11) is -3.66. The van der Waals surface area contributed by atoms with Crippen LogP contribution >= 0.6 is 0 Å². The molecule has 2 aliphatic rings. The Morgan fingerprint density at radius 1 is 1.04 bits per heavy atom. The summed E-state index contributed by atoms with van der Waals surface area (Å²) in [5.41, 5.74) is 0.382. The van der Waals surface area contributed by atoms with E-state index in [9.17, 15) is 8.42 Å². The van der Waals surface area contributed by atoms with Crippen molar-refractivity contribution in [3.63, 3.8) is 0 Å². The van der Waals surface area contributed by atoms with Crippen LogP contribution in [0.2, 0.25) is 0 Å². The highest BCUT2D eigenvalue weighted by Gasteiger charge is 2.36. The molecule has 2 fully saturated rings. The number of sulfonamides is 1. The topological polar surface area (TPSA) is 80.8 Å². The van der Waals surface area contributed by atoms with Gasteiger partial charge in [-0.15, -0.1) is 0 Å². The summed E-state index contributed by atoms with van der Waals surface area (Å²) in [5.74, 6) is 0. The second-order valence-corrected chi connectivity index (χ2v) is 9.39. The molecule has 4 rings (SSSR count). The van der Waals surface area contributed by atoms with Gasteiger partial charge in [0.15, 0.2) is 0 Å². The minimum absolute atomic E-state index is 0.124. The Bertz CT molecular complexity index is 901. The summed E-state index contributed by atoms with van der Waals surface area (Å²) >= 11 is 0. The molecule has 0 bridgehead atoms. The number of aromatic nitrogens is 1. The Balaban J connectivity index is 1.54. The van der Waals surface area contributed by atoms with Crippen LogP contribution in [0.4, 0.5) is 0 Å². The summed E-state index contributed by atoms with van der Waals surface area (Å²) in [4.78, 5) is 6.90. The summed E-state index contributed by atoms with van der Waals surface area (Å²) < 4.78 is 40.1. The van der Waals surface area contributed by atoms with Crippen LogP contribution < -0.4 is 4.72 Å². The normalized spacial score (nSPS) is 21.0. The molecule has 2 saturated heterocycles.